The van der Waals surface area contributed by atoms with E-state index in [4.69, 9.17) is 5.11 Å². The highest BCUT2D eigenvalue weighted by atomic mass is 32.2. The van der Waals surface area contributed by atoms with Crippen LogP contribution in [0.1, 0.15) is 31.7 Å². The molecule has 1 aromatic carbocycles. The summed E-state index contributed by atoms with van der Waals surface area (Å²) < 4.78 is 26.5. The predicted molar refractivity (Wildman–Crippen MR) is 79.0 cm³/mol. The van der Waals surface area contributed by atoms with Crippen molar-refractivity contribution in [3.05, 3.63) is 29.8 Å². The average Bonchev–Trinajstić information content (AvgIpc) is 3.28. The van der Waals surface area contributed by atoms with Crippen LogP contribution in [0.3, 0.4) is 0 Å². The molecule has 0 bridgehead atoms. The van der Waals surface area contributed by atoms with E-state index < -0.39 is 10.0 Å². The lowest BCUT2D eigenvalue weighted by atomic mass is 10.1. The summed E-state index contributed by atoms with van der Waals surface area (Å²) in [6.07, 6.45) is 3.72. The van der Waals surface area contributed by atoms with Crippen LogP contribution in [0.15, 0.2) is 29.2 Å². The maximum absolute atomic E-state index is 12.5. The van der Waals surface area contributed by atoms with Crippen molar-refractivity contribution < 1.29 is 13.5 Å². The first kappa shape index (κ1) is 15.5. The van der Waals surface area contributed by atoms with Crippen molar-refractivity contribution in [1.82, 2.24) is 4.31 Å². The second kappa shape index (κ2) is 6.24. The maximum atomic E-state index is 12.5. The second-order valence-corrected chi connectivity index (χ2v) is 7.57. The van der Waals surface area contributed by atoms with Crippen molar-refractivity contribution >= 4 is 10.0 Å². The van der Waals surface area contributed by atoms with Crippen LogP contribution in [-0.2, 0) is 16.4 Å². The van der Waals surface area contributed by atoms with E-state index in [1.54, 1.807) is 19.2 Å². The Kier molecular flexibility index (Phi) is 4.83. The van der Waals surface area contributed by atoms with E-state index in [0.717, 1.165) is 24.8 Å². The largest absolute Gasteiger partial charge is 0.396 e. The molecule has 0 saturated heterocycles. The van der Waals surface area contributed by atoms with Gasteiger partial charge in [0.15, 0.2) is 0 Å². The van der Waals surface area contributed by atoms with Gasteiger partial charge >= 0.3 is 0 Å². The quantitative estimate of drug-likeness (QED) is 0.838. The van der Waals surface area contributed by atoms with Gasteiger partial charge in [0.1, 0.15) is 0 Å². The van der Waals surface area contributed by atoms with Gasteiger partial charge in [-0.15, -0.1) is 0 Å². The van der Waals surface area contributed by atoms with Crippen LogP contribution < -0.4 is 0 Å². The molecular weight excluding hydrogens is 274 g/mol. The van der Waals surface area contributed by atoms with Gasteiger partial charge in [-0.3, -0.25) is 0 Å². The molecule has 1 atom stereocenters. The Hall–Kier alpha value is -0.910. The molecule has 1 aliphatic carbocycles. The zero-order valence-electron chi connectivity index (χ0n) is 12.1. The number of nitrogens with zero attached hydrogens (tertiary/aromatic N) is 1. The van der Waals surface area contributed by atoms with Gasteiger partial charge in [0.25, 0.3) is 0 Å². The summed E-state index contributed by atoms with van der Waals surface area (Å²) in [5.74, 6) is 0.513. The monoisotopic (exact) mass is 297 g/mol. The van der Waals surface area contributed by atoms with Gasteiger partial charge in [0.05, 0.1) is 4.90 Å². The molecule has 0 radical (unpaired) electrons. The van der Waals surface area contributed by atoms with Gasteiger partial charge in [0, 0.05) is 19.7 Å². The fourth-order valence-corrected chi connectivity index (χ4v) is 3.79. The van der Waals surface area contributed by atoms with Crippen LogP contribution in [-0.4, -0.2) is 37.5 Å². The maximum Gasteiger partial charge on any atom is 0.243 e. The number of benzene rings is 1. The zero-order valence-corrected chi connectivity index (χ0v) is 12.9. The summed E-state index contributed by atoms with van der Waals surface area (Å²) in [7, 11) is -1.73. The Balaban J connectivity index is 2.12. The van der Waals surface area contributed by atoms with Gasteiger partial charge in [-0.1, -0.05) is 12.1 Å². The summed E-state index contributed by atoms with van der Waals surface area (Å²) >= 11 is 0. The van der Waals surface area contributed by atoms with Gasteiger partial charge in [-0.25, -0.2) is 8.42 Å². The highest BCUT2D eigenvalue weighted by molar-refractivity contribution is 7.89. The molecule has 1 aliphatic rings. The van der Waals surface area contributed by atoms with Crippen LogP contribution in [0.25, 0.3) is 0 Å². The van der Waals surface area contributed by atoms with Crippen molar-refractivity contribution in [2.45, 2.75) is 43.5 Å². The number of rotatable bonds is 7. The highest BCUT2D eigenvalue weighted by Gasteiger charge is 2.35. The molecule has 0 amide bonds. The number of hydrogen-bond acceptors (Lipinski definition) is 3. The van der Waals surface area contributed by atoms with Crippen molar-refractivity contribution in [3.63, 3.8) is 0 Å². The molecule has 1 fully saturated rings. The molecule has 20 heavy (non-hydrogen) atoms. The van der Waals surface area contributed by atoms with E-state index in [0.29, 0.717) is 17.2 Å². The predicted octanol–water partition coefficient (Wildman–Crippen LogP) is 2.03. The summed E-state index contributed by atoms with van der Waals surface area (Å²) in [6, 6.07) is 7.06. The number of aliphatic hydroxyl groups excluding tert-OH is 1. The van der Waals surface area contributed by atoms with E-state index >= 15 is 0 Å². The minimum absolute atomic E-state index is 0.0639. The van der Waals surface area contributed by atoms with Crippen LogP contribution in [0.4, 0.5) is 0 Å². The van der Waals surface area contributed by atoms with Crippen molar-refractivity contribution in [3.8, 4) is 0 Å². The van der Waals surface area contributed by atoms with Crippen LogP contribution in [0.5, 0.6) is 0 Å². The Morgan fingerprint density at radius 3 is 2.40 bits per heavy atom. The highest BCUT2D eigenvalue weighted by Crippen LogP contribution is 2.36. The number of aryl methyl sites for hydroxylation is 1. The molecule has 1 unspecified atom stereocenters. The summed E-state index contributed by atoms with van der Waals surface area (Å²) in [6.45, 7) is 2.13. The molecule has 0 heterocycles. The van der Waals surface area contributed by atoms with E-state index in [1.807, 2.05) is 19.1 Å². The molecule has 4 nitrogen and oxygen atoms in total. The normalized spacial score (nSPS) is 17.4. The van der Waals surface area contributed by atoms with Crippen LogP contribution in [0.2, 0.25) is 0 Å². The molecule has 5 heteroatoms. The van der Waals surface area contributed by atoms with Crippen LogP contribution >= 0.6 is 0 Å². The number of aliphatic hydroxyl groups is 1. The van der Waals surface area contributed by atoms with Crippen molar-refractivity contribution in [2.75, 3.05) is 13.7 Å². The molecule has 0 aliphatic heterocycles. The molecule has 112 valence electrons. The van der Waals surface area contributed by atoms with E-state index in [9.17, 15) is 8.42 Å². The fourth-order valence-electron chi connectivity index (χ4n) is 2.37. The first-order chi connectivity index (χ1) is 9.46. The topological polar surface area (TPSA) is 57.6 Å². The SMILES string of the molecule is CC(C1CC1)N(C)S(=O)(=O)c1ccc(CCCO)cc1. The summed E-state index contributed by atoms with van der Waals surface area (Å²) in [5, 5.41) is 8.80. The van der Waals surface area contributed by atoms with E-state index in [-0.39, 0.29) is 12.6 Å². The van der Waals surface area contributed by atoms with Crippen molar-refractivity contribution in [2.24, 2.45) is 5.92 Å². The first-order valence-corrected chi connectivity index (χ1v) is 8.58. The Morgan fingerprint density at radius 1 is 1.30 bits per heavy atom. The molecule has 1 saturated carbocycles. The summed E-state index contributed by atoms with van der Waals surface area (Å²) in [4.78, 5) is 0.347. The van der Waals surface area contributed by atoms with Gasteiger partial charge in [-0.05, 0) is 56.2 Å². The fraction of sp³-hybridized carbons (Fsp3) is 0.600. The van der Waals surface area contributed by atoms with E-state index in [1.165, 1.54) is 4.31 Å². The molecule has 2 rings (SSSR count). The molecule has 0 aromatic heterocycles. The lowest BCUT2D eigenvalue weighted by Crippen LogP contribution is -2.36. The third-order valence-corrected chi connectivity index (χ3v) is 6.06. The standard InChI is InChI=1S/C15H23NO3S/c1-12(14-7-8-14)16(2)20(18,19)15-9-5-13(6-10-15)4-3-11-17/h5-6,9-10,12,14,17H,3-4,7-8,11H2,1-2H3. The third kappa shape index (κ3) is 3.40. The number of sulfonamides is 1. The van der Waals surface area contributed by atoms with Gasteiger partial charge in [-0.2, -0.15) is 4.31 Å². The molecule has 0 spiro atoms. The Labute approximate surface area is 121 Å². The summed E-state index contributed by atoms with van der Waals surface area (Å²) in [5.41, 5.74) is 1.05. The van der Waals surface area contributed by atoms with Crippen molar-refractivity contribution in [1.29, 1.82) is 0 Å². The second-order valence-electron chi connectivity index (χ2n) is 5.57. The molecule has 1 aromatic rings. The van der Waals surface area contributed by atoms with Crippen LogP contribution in [0, 0.1) is 5.92 Å². The van der Waals surface area contributed by atoms with Gasteiger partial charge in [0.2, 0.25) is 10.0 Å². The average molecular weight is 297 g/mol. The number of hydrogen-bond donors (Lipinski definition) is 1. The van der Waals surface area contributed by atoms with E-state index in [2.05, 4.69) is 0 Å². The molecule has 1 N–H and O–H groups in total. The molecular formula is C15H23NO3S. The lowest BCUT2D eigenvalue weighted by molar-refractivity contribution is 0.288. The third-order valence-electron chi connectivity index (χ3n) is 4.10. The van der Waals surface area contributed by atoms with Gasteiger partial charge < -0.3 is 5.11 Å². The first-order valence-electron chi connectivity index (χ1n) is 7.14. The Morgan fingerprint density at radius 2 is 1.90 bits per heavy atom. The minimum atomic E-state index is -3.40. The Bertz CT molecular complexity index is 535. The smallest absolute Gasteiger partial charge is 0.243 e. The minimum Gasteiger partial charge on any atom is -0.396 e. The zero-order chi connectivity index (χ0) is 14.8. The lowest BCUT2D eigenvalue weighted by Gasteiger charge is -2.24.